The van der Waals surface area contributed by atoms with Gasteiger partial charge in [0.05, 0.1) is 0 Å². The Balaban J connectivity index is 3.24. The lowest BCUT2D eigenvalue weighted by Gasteiger charge is -2.12. The van der Waals surface area contributed by atoms with Gasteiger partial charge in [-0.2, -0.15) is 13.9 Å². The van der Waals surface area contributed by atoms with Crippen LogP contribution >= 0.6 is 0 Å². The number of aromatic nitrogens is 2. The van der Waals surface area contributed by atoms with Crippen LogP contribution in [0.1, 0.15) is 23.1 Å². The molecule has 0 aromatic carbocycles. The van der Waals surface area contributed by atoms with Crippen LogP contribution in [-0.4, -0.2) is 20.9 Å². The Kier molecular flexibility index (Phi) is 2.61. The number of halogens is 2. The molecule has 1 aromatic rings. The Bertz CT molecular complexity index is 424. The second-order valence-corrected chi connectivity index (χ2v) is 3.20. The summed E-state index contributed by atoms with van der Waals surface area (Å²) in [5, 5.41) is 12.1. The number of allylic oxidation sites excluding steroid dienone is 1. The molecule has 0 saturated heterocycles. The Hall–Kier alpha value is -1.72. The number of alkyl halides is 2. The van der Waals surface area contributed by atoms with Crippen LogP contribution in [0.3, 0.4) is 0 Å². The Morgan fingerprint density at radius 1 is 1.67 bits per heavy atom. The third-order valence-electron chi connectivity index (χ3n) is 1.96. The molecule has 0 bridgehead atoms. The summed E-state index contributed by atoms with van der Waals surface area (Å²) < 4.78 is 27.6. The van der Waals surface area contributed by atoms with Gasteiger partial charge in [0.25, 0.3) is 0 Å². The summed E-state index contributed by atoms with van der Waals surface area (Å²) in [5.41, 5.74) is -1.27. The van der Waals surface area contributed by atoms with Crippen molar-refractivity contribution < 1.29 is 18.7 Å². The van der Waals surface area contributed by atoms with Gasteiger partial charge in [0, 0.05) is 13.1 Å². The molecule has 1 heterocycles. The van der Waals surface area contributed by atoms with E-state index in [-0.39, 0.29) is 11.3 Å². The van der Waals surface area contributed by atoms with Crippen molar-refractivity contribution in [3.05, 3.63) is 29.6 Å². The van der Waals surface area contributed by atoms with Crippen molar-refractivity contribution in [3.8, 4) is 0 Å². The number of rotatable bonds is 3. The quantitative estimate of drug-likeness (QED) is 0.783. The number of hydrogen-bond acceptors (Lipinski definition) is 2. The van der Waals surface area contributed by atoms with Crippen LogP contribution in [0.5, 0.6) is 0 Å². The molecule has 0 aliphatic rings. The first kappa shape index (κ1) is 11.4. The van der Waals surface area contributed by atoms with Gasteiger partial charge in [0.15, 0.2) is 0 Å². The molecule has 0 spiro atoms. The number of carboxylic acids is 1. The van der Waals surface area contributed by atoms with Crippen LogP contribution in [0.25, 0.3) is 0 Å². The monoisotopic (exact) mass is 216 g/mol. The second kappa shape index (κ2) is 3.45. The van der Waals surface area contributed by atoms with E-state index < -0.39 is 17.6 Å². The fourth-order valence-corrected chi connectivity index (χ4v) is 1.04. The Labute approximate surface area is 84.8 Å². The van der Waals surface area contributed by atoms with E-state index in [1.165, 1.54) is 7.05 Å². The summed E-state index contributed by atoms with van der Waals surface area (Å²) in [5.74, 6) is -4.60. The minimum atomic E-state index is -3.30. The average Bonchev–Trinajstić information content (AvgIpc) is 2.47. The second-order valence-electron chi connectivity index (χ2n) is 3.20. The lowest BCUT2D eigenvalue weighted by Crippen LogP contribution is -2.15. The minimum absolute atomic E-state index is 0.286. The van der Waals surface area contributed by atoms with Crippen molar-refractivity contribution in [3.63, 3.8) is 0 Å². The molecule has 6 heteroatoms. The van der Waals surface area contributed by atoms with Crippen LogP contribution < -0.4 is 0 Å². The van der Waals surface area contributed by atoms with E-state index >= 15 is 0 Å². The third-order valence-corrected chi connectivity index (χ3v) is 1.96. The number of aryl methyl sites for hydroxylation is 1. The van der Waals surface area contributed by atoms with Gasteiger partial charge in [-0.05, 0) is 12.5 Å². The minimum Gasteiger partial charge on any atom is -0.477 e. The first-order valence-corrected chi connectivity index (χ1v) is 4.08. The average molecular weight is 216 g/mol. The van der Waals surface area contributed by atoms with Crippen LogP contribution in [0, 0.1) is 0 Å². The molecular weight excluding hydrogens is 206 g/mol. The summed E-state index contributed by atoms with van der Waals surface area (Å²) in [7, 11) is 1.29. The van der Waals surface area contributed by atoms with E-state index in [0.29, 0.717) is 0 Å². The fourth-order valence-electron chi connectivity index (χ4n) is 1.04. The highest BCUT2D eigenvalue weighted by atomic mass is 19.3. The normalized spacial score (nSPS) is 11.5. The number of carboxylic acid groups (broad SMARTS) is 1. The van der Waals surface area contributed by atoms with Gasteiger partial charge in [-0.3, -0.25) is 4.68 Å². The third kappa shape index (κ3) is 1.88. The summed E-state index contributed by atoms with van der Waals surface area (Å²) in [4.78, 5) is 10.6. The highest BCUT2D eigenvalue weighted by Crippen LogP contribution is 2.33. The summed E-state index contributed by atoms with van der Waals surface area (Å²) in [6.07, 6.45) is 0. The van der Waals surface area contributed by atoms with Crippen molar-refractivity contribution >= 4 is 5.97 Å². The molecule has 0 fully saturated rings. The molecule has 0 unspecified atom stereocenters. The van der Waals surface area contributed by atoms with E-state index in [0.717, 1.165) is 17.7 Å². The van der Waals surface area contributed by atoms with Gasteiger partial charge < -0.3 is 5.11 Å². The molecule has 0 atom stereocenters. The highest BCUT2D eigenvalue weighted by molar-refractivity contribution is 5.85. The standard InChI is InChI=1S/C9H10F2N2O2/c1-5(2)9(10,11)7-4-6(8(14)15)13(3)12-7/h4H,1H2,2-3H3,(H,14,15). The molecule has 1 aromatic heterocycles. The topological polar surface area (TPSA) is 55.1 Å². The van der Waals surface area contributed by atoms with Crippen molar-refractivity contribution in [2.75, 3.05) is 0 Å². The maximum Gasteiger partial charge on any atom is 0.354 e. The van der Waals surface area contributed by atoms with E-state index in [1.807, 2.05) is 0 Å². The van der Waals surface area contributed by atoms with Crippen molar-refractivity contribution in [1.82, 2.24) is 9.78 Å². The molecular formula is C9H10F2N2O2. The maximum atomic E-state index is 13.4. The van der Waals surface area contributed by atoms with Gasteiger partial charge in [0.2, 0.25) is 0 Å². The van der Waals surface area contributed by atoms with Gasteiger partial charge in [-0.15, -0.1) is 0 Å². The molecule has 0 amide bonds. The van der Waals surface area contributed by atoms with Crippen LogP contribution in [0.4, 0.5) is 8.78 Å². The van der Waals surface area contributed by atoms with Crippen molar-refractivity contribution in [1.29, 1.82) is 0 Å². The van der Waals surface area contributed by atoms with Crippen molar-refractivity contribution in [2.24, 2.45) is 7.05 Å². The van der Waals surface area contributed by atoms with Gasteiger partial charge >= 0.3 is 11.9 Å². The van der Waals surface area contributed by atoms with Crippen LogP contribution in [0.15, 0.2) is 18.2 Å². The number of carbonyl (C=O) groups is 1. The lowest BCUT2D eigenvalue weighted by atomic mass is 10.1. The summed E-state index contributed by atoms with van der Waals surface area (Å²) in [6.45, 7) is 4.30. The zero-order valence-corrected chi connectivity index (χ0v) is 8.29. The number of hydrogen-bond donors (Lipinski definition) is 1. The van der Waals surface area contributed by atoms with Gasteiger partial charge in [-0.1, -0.05) is 6.58 Å². The van der Waals surface area contributed by atoms with E-state index in [1.54, 1.807) is 0 Å². The number of aromatic carboxylic acids is 1. The molecule has 1 rings (SSSR count). The SMILES string of the molecule is C=C(C)C(F)(F)c1cc(C(=O)O)n(C)n1. The first-order chi connectivity index (χ1) is 6.76. The van der Waals surface area contributed by atoms with Crippen molar-refractivity contribution in [2.45, 2.75) is 12.8 Å². The molecule has 15 heavy (non-hydrogen) atoms. The summed E-state index contributed by atoms with van der Waals surface area (Å²) >= 11 is 0. The van der Waals surface area contributed by atoms with Crippen LogP contribution in [0.2, 0.25) is 0 Å². The molecule has 0 saturated carbocycles. The Morgan fingerprint density at radius 3 is 2.53 bits per heavy atom. The summed E-state index contributed by atoms with van der Waals surface area (Å²) in [6, 6.07) is 0.844. The number of nitrogens with zero attached hydrogens (tertiary/aromatic N) is 2. The molecule has 1 N–H and O–H groups in total. The lowest BCUT2D eigenvalue weighted by molar-refractivity contribution is 0.0332. The molecule has 0 aliphatic carbocycles. The smallest absolute Gasteiger partial charge is 0.354 e. The zero-order chi connectivity index (χ0) is 11.8. The van der Waals surface area contributed by atoms with Gasteiger partial charge in [0.1, 0.15) is 11.4 Å². The molecule has 82 valence electrons. The predicted octanol–water partition coefficient (Wildman–Crippen LogP) is 1.79. The molecule has 0 radical (unpaired) electrons. The molecule has 4 nitrogen and oxygen atoms in total. The first-order valence-electron chi connectivity index (χ1n) is 4.08. The van der Waals surface area contributed by atoms with E-state index in [2.05, 4.69) is 11.7 Å². The molecule has 0 aliphatic heterocycles. The van der Waals surface area contributed by atoms with E-state index in [4.69, 9.17) is 5.11 Å². The predicted molar refractivity (Wildman–Crippen MR) is 48.9 cm³/mol. The van der Waals surface area contributed by atoms with E-state index in [9.17, 15) is 13.6 Å². The fraction of sp³-hybridized carbons (Fsp3) is 0.333. The maximum absolute atomic E-state index is 13.4. The largest absolute Gasteiger partial charge is 0.477 e. The van der Waals surface area contributed by atoms with Crippen LogP contribution in [-0.2, 0) is 13.0 Å². The zero-order valence-electron chi connectivity index (χ0n) is 8.29. The Morgan fingerprint density at radius 2 is 2.20 bits per heavy atom. The van der Waals surface area contributed by atoms with Gasteiger partial charge in [-0.25, -0.2) is 4.79 Å². The highest BCUT2D eigenvalue weighted by Gasteiger charge is 2.36.